The second-order valence-corrected chi connectivity index (χ2v) is 11.3. The van der Waals surface area contributed by atoms with Gasteiger partial charge in [-0.25, -0.2) is 24.9 Å². The lowest BCUT2D eigenvalue weighted by atomic mass is 9.83. The van der Waals surface area contributed by atoms with Gasteiger partial charge in [-0.05, 0) is 49.8 Å². The summed E-state index contributed by atoms with van der Waals surface area (Å²) in [5, 5.41) is 0. The van der Waals surface area contributed by atoms with Crippen LogP contribution in [0.15, 0.2) is 144 Å². The van der Waals surface area contributed by atoms with Crippen molar-refractivity contribution < 1.29 is 0 Å². The van der Waals surface area contributed by atoms with E-state index in [1.807, 2.05) is 104 Å². The molecule has 0 amide bonds. The number of pyridine rings is 1. The standard InChI is InChI=1S/C39H42N6/c1-7-8-16-29(5)34(27(2)3)24-23-28(4)25-33(26-40)30(6)41-36-22-15-21-35(42-36)39-44-37(31-17-11-9-12-18-31)43-38(45-39)32-19-13-10-14-20-32/h7-27,29,34H,1,40H2,2-6H3/b16-8-,24-23-,28-25+,33-26?,41-30?/t29?,34-/m1/s1. The molecule has 0 fully saturated rings. The van der Waals surface area contributed by atoms with Gasteiger partial charge < -0.3 is 5.73 Å². The molecule has 0 saturated carbocycles. The van der Waals surface area contributed by atoms with Crippen molar-refractivity contribution in [2.75, 3.05) is 0 Å². The van der Waals surface area contributed by atoms with E-state index in [4.69, 9.17) is 30.7 Å². The van der Waals surface area contributed by atoms with Crippen LogP contribution >= 0.6 is 0 Å². The molecule has 0 bridgehead atoms. The lowest BCUT2D eigenvalue weighted by Crippen LogP contribution is -2.13. The first kappa shape index (κ1) is 32.7. The van der Waals surface area contributed by atoms with Crippen LogP contribution < -0.4 is 5.73 Å². The number of nitrogens with two attached hydrogens (primary N) is 1. The molecule has 0 aliphatic carbocycles. The van der Waals surface area contributed by atoms with Crippen molar-refractivity contribution in [1.29, 1.82) is 0 Å². The van der Waals surface area contributed by atoms with E-state index in [0.29, 0.717) is 46.7 Å². The summed E-state index contributed by atoms with van der Waals surface area (Å²) in [6.45, 7) is 14.5. The van der Waals surface area contributed by atoms with Crippen LogP contribution in [0, 0.1) is 17.8 Å². The largest absolute Gasteiger partial charge is 0.404 e. The molecule has 4 aromatic rings. The average molecular weight is 595 g/mol. The topological polar surface area (TPSA) is 89.9 Å². The maximum absolute atomic E-state index is 6.07. The maximum Gasteiger partial charge on any atom is 0.182 e. The molecule has 2 N–H and O–H groups in total. The van der Waals surface area contributed by atoms with Gasteiger partial charge in [0.1, 0.15) is 5.69 Å². The number of nitrogens with zero attached hydrogens (tertiary/aromatic N) is 5. The number of allylic oxidation sites excluding steroid dienone is 8. The summed E-state index contributed by atoms with van der Waals surface area (Å²) in [7, 11) is 0. The van der Waals surface area contributed by atoms with Crippen LogP contribution in [0.4, 0.5) is 5.82 Å². The Morgan fingerprint density at radius 1 is 0.756 bits per heavy atom. The molecule has 6 heteroatoms. The molecule has 45 heavy (non-hydrogen) atoms. The van der Waals surface area contributed by atoms with Crippen LogP contribution in [0.3, 0.4) is 0 Å². The average Bonchev–Trinajstić information content (AvgIpc) is 3.06. The third-order valence-electron chi connectivity index (χ3n) is 7.43. The normalized spacial score (nSPS) is 14.3. The Bertz CT molecular complexity index is 1670. The van der Waals surface area contributed by atoms with Gasteiger partial charge in [-0.15, -0.1) is 0 Å². The summed E-state index contributed by atoms with van der Waals surface area (Å²) in [4.78, 5) is 24.0. The Kier molecular flexibility index (Phi) is 11.6. The molecule has 2 atom stereocenters. The minimum absolute atomic E-state index is 0.398. The number of benzene rings is 2. The third-order valence-corrected chi connectivity index (χ3v) is 7.43. The molecule has 0 spiro atoms. The number of aliphatic imine (C=N–C) groups is 1. The van der Waals surface area contributed by atoms with Crippen molar-refractivity contribution in [3.63, 3.8) is 0 Å². The number of hydrogen-bond acceptors (Lipinski definition) is 6. The molecule has 2 aromatic carbocycles. The predicted octanol–water partition coefficient (Wildman–Crippen LogP) is 9.36. The van der Waals surface area contributed by atoms with Gasteiger partial charge in [-0.3, -0.25) is 0 Å². The van der Waals surface area contributed by atoms with Crippen LogP contribution in [0.5, 0.6) is 0 Å². The van der Waals surface area contributed by atoms with Crippen molar-refractivity contribution in [2.45, 2.75) is 34.6 Å². The second-order valence-electron chi connectivity index (χ2n) is 11.3. The smallest absolute Gasteiger partial charge is 0.182 e. The monoisotopic (exact) mass is 594 g/mol. The zero-order valence-electron chi connectivity index (χ0n) is 26.8. The van der Waals surface area contributed by atoms with Gasteiger partial charge in [0.15, 0.2) is 23.3 Å². The van der Waals surface area contributed by atoms with E-state index in [-0.39, 0.29) is 0 Å². The second kappa shape index (κ2) is 16.0. The summed E-state index contributed by atoms with van der Waals surface area (Å²) in [5.41, 5.74) is 11.1. The molecule has 6 nitrogen and oxygen atoms in total. The Hall–Kier alpha value is -5.23. The Balaban J connectivity index is 1.63. The van der Waals surface area contributed by atoms with Gasteiger partial charge in [0.2, 0.25) is 0 Å². The number of aromatic nitrogens is 4. The molecule has 2 aromatic heterocycles. The Morgan fingerprint density at radius 2 is 1.36 bits per heavy atom. The van der Waals surface area contributed by atoms with Gasteiger partial charge in [0, 0.05) is 28.6 Å². The molecule has 2 heterocycles. The zero-order valence-corrected chi connectivity index (χ0v) is 26.8. The molecule has 0 aliphatic rings. The van der Waals surface area contributed by atoms with Crippen LogP contribution in [-0.2, 0) is 0 Å². The van der Waals surface area contributed by atoms with Crippen molar-refractivity contribution in [2.24, 2.45) is 28.5 Å². The minimum atomic E-state index is 0.398. The fraction of sp³-hybridized carbons (Fsp3) is 0.205. The van der Waals surface area contributed by atoms with E-state index in [9.17, 15) is 0 Å². The van der Waals surface area contributed by atoms with E-state index >= 15 is 0 Å². The lowest BCUT2D eigenvalue weighted by molar-refractivity contribution is 0.384. The van der Waals surface area contributed by atoms with E-state index in [1.165, 1.54) is 0 Å². The molecule has 0 saturated heterocycles. The molecule has 228 valence electrons. The molecule has 1 unspecified atom stereocenters. The molecule has 0 radical (unpaired) electrons. The lowest BCUT2D eigenvalue weighted by Gasteiger charge is -2.22. The summed E-state index contributed by atoms with van der Waals surface area (Å²) < 4.78 is 0. The molecular weight excluding hydrogens is 552 g/mol. The van der Waals surface area contributed by atoms with Crippen LogP contribution in [0.25, 0.3) is 34.3 Å². The Morgan fingerprint density at radius 3 is 1.91 bits per heavy atom. The van der Waals surface area contributed by atoms with E-state index in [2.05, 4.69) is 52.5 Å². The first-order valence-corrected chi connectivity index (χ1v) is 15.3. The highest BCUT2D eigenvalue weighted by Gasteiger charge is 2.16. The SMILES string of the molecule is C=C/C=C\C(C)[C@H](/C=C\C(C)=C\C(=CN)C(C)=Nc1cccc(-c2nc(-c3ccccc3)nc(-c3ccccc3)n2)n1)C(C)C. The maximum atomic E-state index is 6.07. The van der Waals surface area contributed by atoms with Crippen LogP contribution in [0.1, 0.15) is 34.6 Å². The highest BCUT2D eigenvalue weighted by molar-refractivity contribution is 6.02. The van der Waals surface area contributed by atoms with Crippen molar-refractivity contribution in [3.05, 3.63) is 139 Å². The van der Waals surface area contributed by atoms with E-state index in [1.54, 1.807) is 6.20 Å². The van der Waals surface area contributed by atoms with Crippen LogP contribution in [0.2, 0.25) is 0 Å². The van der Waals surface area contributed by atoms with E-state index in [0.717, 1.165) is 28.0 Å². The summed E-state index contributed by atoms with van der Waals surface area (Å²) in [6, 6.07) is 25.4. The highest BCUT2D eigenvalue weighted by Crippen LogP contribution is 2.26. The quantitative estimate of drug-likeness (QED) is 0.130. The van der Waals surface area contributed by atoms with Gasteiger partial charge in [-0.2, -0.15) is 0 Å². The minimum Gasteiger partial charge on any atom is -0.404 e. The van der Waals surface area contributed by atoms with Gasteiger partial charge in [-0.1, -0.05) is 130 Å². The van der Waals surface area contributed by atoms with Crippen molar-refractivity contribution in [3.8, 4) is 34.3 Å². The first-order chi connectivity index (χ1) is 21.8. The van der Waals surface area contributed by atoms with Crippen molar-refractivity contribution >= 4 is 11.5 Å². The predicted molar refractivity (Wildman–Crippen MR) is 189 cm³/mol. The third kappa shape index (κ3) is 9.13. The summed E-state index contributed by atoms with van der Waals surface area (Å²) in [6.07, 6.45) is 14.1. The van der Waals surface area contributed by atoms with Gasteiger partial charge >= 0.3 is 0 Å². The van der Waals surface area contributed by atoms with Gasteiger partial charge in [0.25, 0.3) is 0 Å². The van der Waals surface area contributed by atoms with Gasteiger partial charge in [0.05, 0.1) is 0 Å². The molecule has 0 aliphatic heterocycles. The fourth-order valence-corrected chi connectivity index (χ4v) is 4.99. The summed E-state index contributed by atoms with van der Waals surface area (Å²) in [5.74, 6) is 3.48. The van der Waals surface area contributed by atoms with Crippen LogP contribution in [-0.4, -0.2) is 25.6 Å². The Labute approximate surface area is 267 Å². The fourth-order valence-electron chi connectivity index (χ4n) is 4.99. The number of rotatable bonds is 12. The first-order valence-electron chi connectivity index (χ1n) is 15.3. The molecule has 4 rings (SSSR count). The summed E-state index contributed by atoms with van der Waals surface area (Å²) >= 11 is 0. The number of hydrogen-bond donors (Lipinski definition) is 1. The zero-order chi connectivity index (χ0) is 32.2. The molecular formula is C39H42N6. The van der Waals surface area contributed by atoms with Crippen molar-refractivity contribution in [1.82, 2.24) is 19.9 Å². The van der Waals surface area contributed by atoms with E-state index < -0.39 is 0 Å². The highest BCUT2D eigenvalue weighted by atomic mass is 15.1.